The van der Waals surface area contributed by atoms with E-state index in [1.54, 1.807) is 11.8 Å². The lowest BCUT2D eigenvalue weighted by atomic mass is 10.0. The van der Waals surface area contributed by atoms with Crippen LogP contribution in [0.5, 0.6) is 0 Å². The smallest absolute Gasteiger partial charge is 0.303 e. The Morgan fingerprint density at radius 3 is 2.14 bits per heavy atom. The van der Waals surface area contributed by atoms with Crippen LogP contribution in [-0.4, -0.2) is 35.5 Å². The van der Waals surface area contributed by atoms with Crippen LogP contribution in [0, 0.1) is 10.8 Å². The van der Waals surface area contributed by atoms with Crippen molar-refractivity contribution in [2.45, 2.75) is 40.2 Å². The molecule has 152 valence electrons. The summed E-state index contributed by atoms with van der Waals surface area (Å²) in [6.45, 7) is 8.90. The van der Waals surface area contributed by atoms with E-state index in [0.29, 0.717) is 11.7 Å². The van der Waals surface area contributed by atoms with Gasteiger partial charge in [-0.15, -0.1) is 0 Å². The number of para-hydroxylation sites is 1. The van der Waals surface area contributed by atoms with Gasteiger partial charge in [0.15, 0.2) is 0 Å². The van der Waals surface area contributed by atoms with Gasteiger partial charge in [0.05, 0.1) is 17.9 Å². The summed E-state index contributed by atoms with van der Waals surface area (Å²) in [5.74, 6) is 0.426. The molecule has 29 heavy (non-hydrogen) atoms. The molecule has 0 radical (unpaired) electrons. The number of rotatable bonds is 1. The monoisotopic (exact) mass is 392 g/mol. The number of carbonyl (C=O) groups is 1. The minimum Gasteiger partial charge on any atom is -0.460 e. The average Bonchev–Trinajstić information content (AvgIpc) is 2.77. The van der Waals surface area contributed by atoms with Crippen LogP contribution >= 0.6 is 0 Å². The van der Waals surface area contributed by atoms with Gasteiger partial charge in [0.2, 0.25) is 0 Å². The highest BCUT2D eigenvalue weighted by atomic mass is 16.6. The molecule has 0 spiro atoms. The van der Waals surface area contributed by atoms with Crippen LogP contribution in [0.1, 0.15) is 45.7 Å². The van der Waals surface area contributed by atoms with Gasteiger partial charge in [-0.2, -0.15) is 0 Å². The molecule has 0 unspecified atom stereocenters. The highest BCUT2D eigenvalue weighted by Gasteiger charge is 2.23. The molecule has 0 aromatic heterocycles. The molecule has 6 nitrogen and oxygen atoms in total. The Kier molecular flexibility index (Phi) is 7.04. The second kappa shape index (κ2) is 9.28. The minimum atomic E-state index is -0.328. The number of benzene rings is 2. The van der Waals surface area contributed by atoms with E-state index in [2.05, 4.69) is 4.99 Å². The SMILES string of the molecule is CC(=N)N1C(=N)CN=C(c2ccccc2)c2ccccc21.CC(=O)OC(C)(C)C. The lowest BCUT2D eigenvalue weighted by Gasteiger charge is -2.23. The fourth-order valence-electron chi connectivity index (χ4n) is 2.98. The van der Waals surface area contributed by atoms with Crippen LogP contribution < -0.4 is 4.90 Å². The molecular weight excluding hydrogens is 364 g/mol. The molecule has 3 rings (SSSR count). The zero-order valence-corrected chi connectivity index (χ0v) is 17.6. The van der Waals surface area contributed by atoms with E-state index in [-0.39, 0.29) is 18.1 Å². The summed E-state index contributed by atoms with van der Waals surface area (Å²) in [7, 11) is 0. The maximum atomic E-state index is 10.2. The Bertz CT molecular complexity index is 927. The van der Waals surface area contributed by atoms with Gasteiger partial charge in [-0.3, -0.25) is 25.5 Å². The molecule has 1 aliphatic rings. The second-order valence-corrected chi connectivity index (χ2v) is 7.62. The molecule has 0 saturated heterocycles. The van der Waals surface area contributed by atoms with Crippen molar-refractivity contribution in [2.24, 2.45) is 4.99 Å². The molecule has 0 atom stereocenters. The number of amidine groups is 2. The van der Waals surface area contributed by atoms with E-state index >= 15 is 0 Å². The largest absolute Gasteiger partial charge is 0.460 e. The maximum Gasteiger partial charge on any atom is 0.303 e. The zero-order valence-electron chi connectivity index (χ0n) is 17.6. The molecule has 2 aromatic carbocycles. The van der Waals surface area contributed by atoms with Gasteiger partial charge in [-0.05, 0) is 33.8 Å². The first-order valence-corrected chi connectivity index (χ1v) is 9.41. The quantitative estimate of drug-likeness (QED) is 0.420. The number of benzodiazepines with no additional fused rings is 1. The first-order valence-electron chi connectivity index (χ1n) is 9.41. The molecule has 6 heteroatoms. The summed E-state index contributed by atoms with van der Waals surface area (Å²) < 4.78 is 4.80. The number of ether oxygens (including phenoxy) is 1. The topological polar surface area (TPSA) is 89.6 Å². The molecule has 2 aromatic rings. The summed E-state index contributed by atoms with van der Waals surface area (Å²) in [4.78, 5) is 16.5. The first-order chi connectivity index (χ1) is 13.6. The third-order valence-corrected chi connectivity index (χ3v) is 3.89. The third kappa shape index (κ3) is 6.10. The number of carbonyl (C=O) groups excluding carboxylic acids is 1. The second-order valence-electron chi connectivity index (χ2n) is 7.62. The molecular formula is C23H28N4O2. The van der Waals surface area contributed by atoms with E-state index in [9.17, 15) is 4.79 Å². The minimum absolute atomic E-state index is 0.225. The van der Waals surface area contributed by atoms with Crippen molar-refractivity contribution >= 4 is 29.0 Å². The van der Waals surface area contributed by atoms with Gasteiger partial charge in [-0.1, -0.05) is 48.5 Å². The molecule has 0 fully saturated rings. The highest BCUT2D eigenvalue weighted by Crippen LogP contribution is 2.27. The lowest BCUT2D eigenvalue weighted by Crippen LogP contribution is -2.35. The van der Waals surface area contributed by atoms with Gasteiger partial charge in [0, 0.05) is 18.1 Å². The van der Waals surface area contributed by atoms with E-state index < -0.39 is 0 Å². The van der Waals surface area contributed by atoms with Crippen molar-refractivity contribution in [3.05, 3.63) is 65.7 Å². The number of esters is 1. The lowest BCUT2D eigenvalue weighted by molar-refractivity contribution is -0.151. The van der Waals surface area contributed by atoms with E-state index in [4.69, 9.17) is 15.6 Å². The summed E-state index contributed by atoms with van der Waals surface area (Å²) in [5, 5.41) is 16.1. The van der Waals surface area contributed by atoms with Crippen LogP contribution in [0.4, 0.5) is 5.69 Å². The molecule has 0 amide bonds. The van der Waals surface area contributed by atoms with Gasteiger partial charge >= 0.3 is 5.97 Å². The number of hydrogen-bond acceptors (Lipinski definition) is 5. The number of anilines is 1. The van der Waals surface area contributed by atoms with Gasteiger partial charge < -0.3 is 4.74 Å². The molecule has 1 heterocycles. The van der Waals surface area contributed by atoms with Crippen LogP contribution in [0.25, 0.3) is 0 Å². The summed E-state index contributed by atoms with van der Waals surface area (Å²) in [5.41, 5.74) is 3.38. The van der Waals surface area contributed by atoms with Crippen molar-refractivity contribution in [1.29, 1.82) is 10.8 Å². The fourth-order valence-corrected chi connectivity index (χ4v) is 2.98. The number of aliphatic imine (C=N–C) groups is 1. The van der Waals surface area contributed by atoms with Crippen LogP contribution in [0.2, 0.25) is 0 Å². The van der Waals surface area contributed by atoms with E-state index in [0.717, 1.165) is 22.5 Å². The summed E-state index contributed by atoms with van der Waals surface area (Å²) in [6, 6.07) is 17.8. The van der Waals surface area contributed by atoms with Crippen LogP contribution in [-0.2, 0) is 9.53 Å². The molecule has 0 bridgehead atoms. The fraction of sp³-hybridized carbons (Fsp3) is 0.304. The average molecular weight is 393 g/mol. The van der Waals surface area contributed by atoms with Crippen LogP contribution in [0.3, 0.4) is 0 Å². The Morgan fingerprint density at radius 2 is 1.62 bits per heavy atom. The van der Waals surface area contributed by atoms with Crippen LogP contribution in [0.15, 0.2) is 59.6 Å². The van der Waals surface area contributed by atoms with E-state index in [1.807, 2.05) is 75.4 Å². The Labute approximate surface area is 172 Å². The van der Waals surface area contributed by atoms with Crippen molar-refractivity contribution in [3.63, 3.8) is 0 Å². The Morgan fingerprint density at radius 1 is 1.03 bits per heavy atom. The predicted molar refractivity (Wildman–Crippen MR) is 119 cm³/mol. The number of fused-ring (bicyclic) bond motifs is 1. The van der Waals surface area contributed by atoms with Crippen molar-refractivity contribution in [1.82, 2.24) is 0 Å². The molecule has 0 aliphatic carbocycles. The number of hydrogen-bond donors (Lipinski definition) is 2. The first kappa shape index (κ1) is 22.0. The predicted octanol–water partition coefficient (Wildman–Crippen LogP) is 4.67. The Hall–Kier alpha value is -3.28. The van der Waals surface area contributed by atoms with Gasteiger partial charge in [-0.25, -0.2) is 0 Å². The normalized spacial score (nSPS) is 13.3. The highest BCUT2D eigenvalue weighted by molar-refractivity contribution is 6.25. The summed E-state index contributed by atoms with van der Waals surface area (Å²) in [6.07, 6.45) is 0. The van der Waals surface area contributed by atoms with Gasteiger partial charge in [0.25, 0.3) is 0 Å². The van der Waals surface area contributed by atoms with Crippen molar-refractivity contribution in [3.8, 4) is 0 Å². The third-order valence-electron chi connectivity index (χ3n) is 3.89. The number of nitrogens with one attached hydrogen (secondary N) is 2. The maximum absolute atomic E-state index is 10.2. The van der Waals surface area contributed by atoms with E-state index in [1.165, 1.54) is 6.92 Å². The van der Waals surface area contributed by atoms with Gasteiger partial charge in [0.1, 0.15) is 17.3 Å². The van der Waals surface area contributed by atoms with Crippen molar-refractivity contribution in [2.75, 3.05) is 11.4 Å². The summed E-state index contributed by atoms with van der Waals surface area (Å²) >= 11 is 0. The number of nitrogens with zero attached hydrogens (tertiary/aromatic N) is 2. The molecule has 1 aliphatic heterocycles. The molecule has 0 saturated carbocycles. The van der Waals surface area contributed by atoms with Crippen molar-refractivity contribution < 1.29 is 9.53 Å². The molecule has 2 N–H and O–H groups in total. The Balaban J connectivity index is 0.000000321. The zero-order chi connectivity index (χ0) is 21.6. The standard InChI is InChI=1S/C17H16N4.C6H12O2/c1-12(18)21-15-10-6-5-9-14(15)17(20-11-16(21)19)13-7-3-2-4-8-13;1-5(7)8-6(2,3)4/h2-10,18-19H,11H2,1H3;1-4H3.